The van der Waals surface area contributed by atoms with Crippen molar-refractivity contribution in [2.45, 2.75) is 57.1 Å². The van der Waals surface area contributed by atoms with Crippen molar-refractivity contribution in [3.05, 3.63) is 29.6 Å². The van der Waals surface area contributed by atoms with Crippen LogP contribution in [-0.4, -0.2) is 39.7 Å². The van der Waals surface area contributed by atoms with Crippen LogP contribution in [0.25, 0.3) is 0 Å². The quantitative estimate of drug-likeness (QED) is 0.906. The van der Waals surface area contributed by atoms with Crippen LogP contribution < -0.4 is 0 Å². The monoisotopic (exact) mass is 260 g/mol. The molecule has 2 atom stereocenters. The van der Waals surface area contributed by atoms with Gasteiger partial charge in [0.15, 0.2) is 0 Å². The van der Waals surface area contributed by atoms with Gasteiger partial charge in [-0.3, -0.25) is 9.88 Å². The number of rotatable bonds is 3. The fraction of sp³-hybridized carbons (Fsp3) is 0.688. The first kappa shape index (κ1) is 13.1. The molecule has 0 amide bonds. The van der Waals surface area contributed by atoms with Gasteiger partial charge in [-0.15, -0.1) is 0 Å². The third-order valence-corrected chi connectivity index (χ3v) is 5.03. The number of nitrogens with zero attached hydrogens (tertiary/aromatic N) is 2. The normalized spacial score (nSPS) is 25.5. The van der Waals surface area contributed by atoms with Gasteiger partial charge in [0.25, 0.3) is 0 Å². The van der Waals surface area contributed by atoms with Crippen LogP contribution in [0.2, 0.25) is 0 Å². The zero-order valence-corrected chi connectivity index (χ0v) is 12.0. The molecule has 0 bridgehead atoms. The number of hydrogen-bond acceptors (Lipinski definition) is 3. The zero-order chi connectivity index (χ0) is 13.5. The number of aliphatic hydroxyl groups excluding tert-OH is 1. The van der Waals surface area contributed by atoms with Crippen molar-refractivity contribution in [3.63, 3.8) is 0 Å². The van der Waals surface area contributed by atoms with E-state index >= 15 is 0 Å². The van der Waals surface area contributed by atoms with Crippen molar-refractivity contribution in [3.8, 4) is 0 Å². The second-order valence-corrected chi connectivity index (χ2v) is 6.49. The molecule has 2 aliphatic rings. The van der Waals surface area contributed by atoms with Crippen LogP contribution in [0.4, 0.5) is 0 Å². The summed E-state index contributed by atoms with van der Waals surface area (Å²) in [5, 5.41) is 10.9. The van der Waals surface area contributed by atoms with Gasteiger partial charge in [0.05, 0.1) is 6.10 Å². The SMILES string of the molecule is CC(C)(C(O)C1CCc2cccnc21)N1CCCC1. The molecule has 0 spiro atoms. The van der Waals surface area contributed by atoms with Crippen molar-refractivity contribution in [2.75, 3.05) is 13.1 Å². The molecule has 3 nitrogen and oxygen atoms in total. The van der Waals surface area contributed by atoms with E-state index in [2.05, 4.69) is 29.8 Å². The molecule has 1 saturated heterocycles. The third kappa shape index (κ3) is 2.19. The van der Waals surface area contributed by atoms with E-state index in [1.807, 2.05) is 12.3 Å². The van der Waals surface area contributed by atoms with E-state index in [0.717, 1.165) is 31.6 Å². The summed E-state index contributed by atoms with van der Waals surface area (Å²) in [4.78, 5) is 6.97. The number of fused-ring (bicyclic) bond motifs is 1. The molecule has 3 heteroatoms. The molecule has 19 heavy (non-hydrogen) atoms. The van der Waals surface area contributed by atoms with E-state index in [-0.39, 0.29) is 17.6 Å². The van der Waals surface area contributed by atoms with E-state index in [4.69, 9.17) is 0 Å². The van der Waals surface area contributed by atoms with E-state index < -0.39 is 0 Å². The third-order valence-electron chi connectivity index (χ3n) is 5.03. The molecule has 0 aromatic carbocycles. The molecule has 2 unspecified atom stereocenters. The Balaban J connectivity index is 1.82. The van der Waals surface area contributed by atoms with Crippen LogP contribution in [0.3, 0.4) is 0 Å². The summed E-state index contributed by atoms with van der Waals surface area (Å²) in [6.45, 7) is 6.60. The zero-order valence-electron chi connectivity index (χ0n) is 12.0. The van der Waals surface area contributed by atoms with Gasteiger partial charge in [0.2, 0.25) is 0 Å². The molecule has 1 aromatic rings. The Hall–Kier alpha value is -0.930. The molecule has 1 aliphatic carbocycles. The second kappa shape index (κ2) is 4.88. The minimum Gasteiger partial charge on any atom is -0.391 e. The lowest BCUT2D eigenvalue weighted by Crippen LogP contribution is -2.53. The Morgan fingerprint density at radius 1 is 1.37 bits per heavy atom. The average Bonchev–Trinajstić information content (AvgIpc) is 3.07. The summed E-state index contributed by atoms with van der Waals surface area (Å²) in [6.07, 6.45) is 6.13. The molecular formula is C16H24N2O. The van der Waals surface area contributed by atoms with E-state index in [1.54, 1.807) is 0 Å². The summed E-state index contributed by atoms with van der Waals surface area (Å²) in [5.74, 6) is 0.201. The molecule has 2 heterocycles. The van der Waals surface area contributed by atoms with Gasteiger partial charge in [-0.2, -0.15) is 0 Å². The minimum atomic E-state index is -0.332. The highest BCUT2D eigenvalue weighted by Gasteiger charge is 2.42. The number of hydrogen-bond donors (Lipinski definition) is 1. The Morgan fingerprint density at radius 2 is 2.11 bits per heavy atom. The highest BCUT2D eigenvalue weighted by molar-refractivity contribution is 5.30. The molecular weight excluding hydrogens is 236 g/mol. The lowest BCUT2D eigenvalue weighted by molar-refractivity contribution is -0.0140. The van der Waals surface area contributed by atoms with Gasteiger partial charge in [-0.25, -0.2) is 0 Å². The molecule has 1 fully saturated rings. The highest BCUT2D eigenvalue weighted by Crippen LogP contribution is 2.39. The van der Waals surface area contributed by atoms with Crippen molar-refractivity contribution < 1.29 is 5.11 Å². The number of aromatic nitrogens is 1. The maximum absolute atomic E-state index is 10.9. The van der Waals surface area contributed by atoms with Gasteiger partial charge in [0.1, 0.15) is 0 Å². The Kier molecular flexibility index (Phi) is 3.35. The van der Waals surface area contributed by atoms with Gasteiger partial charge in [0, 0.05) is 23.3 Å². The second-order valence-electron chi connectivity index (χ2n) is 6.49. The highest BCUT2D eigenvalue weighted by atomic mass is 16.3. The maximum atomic E-state index is 10.9. The predicted octanol–water partition coefficient (Wildman–Crippen LogP) is 2.35. The number of aliphatic hydroxyl groups is 1. The van der Waals surface area contributed by atoms with Gasteiger partial charge >= 0.3 is 0 Å². The van der Waals surface area contributed by atoms with E-state index in [9.17, 15) is 5.11 Å². The first-order valence-electron chi connectivity index (χ1n) is 7.47. The molecule has 1 aliphatic heterocycles. The summed E-state index contributed by atoms with van der Waals surface area (Å²) in [5.41, 5.74) is 2.30. The fourth-order valence-corrected chi connectivity index (χ4v) is 3.72. The van der Waals surface area contributed by atoms with Crippen LogP contribution in [-0.2, 0) is 6.42 Å². The topological polar surface area (TPSA) is 36.4 Å². The molecule has 0 saturated carbocycles. The lowest BCUT2D eigenvalue weighted by Gasteiger charge is -2.42. The van der Waals surface area contributed by atoms with Crippen LogP contribution in [0.1, 0.15) is 50.3 Å². The fourth-order valence-electron chi connectivity index (χ4n) is 3.72. The van der Waals surface area contributed by atoms with Gasteiger partial charge in [-0.05, 0) is 64.3 Å². The Bertz CT molecular complexity index is 452. The molecule has 104 valence electrons. The van der Waals surface area contributed by atoms with Crippen molar-refractivity contribution in [1.82, 2.24) is 9.88 Å². The van der Waals surface area contributed by atoms with Crippen molar-refractivity contribution in [1.29, 1.82) is 0 Å². The van der Waals surface area contributed by atoms with Gasteiger partial charge < -0.3 is 5.11 Å². The van der Waals surface area contributed by atoms with Crippen LogP contribution in [0.5, 0.6) is 0 Å². The Labute approximate surface area is 115 Å². The number of likely N-dealkylation sites (tertiary alicyclic amines) is 1. The first-order chi connectivity index (χ1) is 9.10. The summed E-state index contributed by atoms with van der Waals surface area (Å²) in [7, 11) is 0. The molecule has 0 radical (unpaired) electrons. The van der Waals surface area contributed by atoms with Crippen LogP contribution >= 0.6 is 0 Å². The molecule has 1 N–H and O–H groups in total. The summed E-state index contributed by atoms with van der Waals surface area (Å²) < 4.78 is 0. The minimum absolute atomic E-state index is 0.152. The molecule has 1 aromatic heterocycles. The van der Waals surface area contributed by atoms with Crippen LogP contribution in [0.15, 0.2) is 18.3 Å². The van der Waals surface area contributed by atoms with Gasteiger partial charge in [-0.1, -0.05) is 6.07 Å². The predicted molar refractivity (Wildman–Crippen MR) is 76.2 cm³/mol. The van der Waals surface area contributed by atoms with E-state index in [1.165, 1.54) is 18.4 Å². The largest absolute Gasteiger partial charge is 0.391 e. The summed E-state index contributed by atoms with van der Waals surface area (Å²) in [6, 6.07) is 4.15. The smallest absolute Gasteiger partial charge is 0.0802 e. The standard InChI is InChI=1S/C16H24N2O/c1-16(2,18-10-3-4-11-18)15(19)13-8-7-12-6-5-9-17-14(12)13/h5-6,9,13,15,19H,3-4,7-8,10-11H2,1-2H3. The Morgan fingerprint density at radius 3 is 2.84 bits per heavy atom. The van der Waals surface area contributed by atoms with Crippen LogP contribution in [0, 0.1) is 0 Å². The van der Waals surface area contributed by atoms with E-state index in [0.29, 0.717) is 0 Å². The molecule has 3 rings (SSSR count). The maximum Gasteiger partial charge on any atom is 0.0802 e. The first-order valence-corrected chi connectivity index (χ1v) is 7.47. The number of aryl methyl sites for hydroxylation is 1. The van der Waals surface area contributed by atoms with Crippen molar-refractivity contribution >= 4 is 0 Å². The van der Waals surface area contributed by atoms with Crippen molar-refractivity contribution in [2.24, 2.45) is 0 Å². The summed E-state index contributed by atoms with van der Waals surface area (Å²) >= 11 is 0. The lowest BCUT2D eigenvalue weighted by atomic mass is 9.84. The number of pyridine rings is 1. The average molecular weight is 260 g/mol.